The molecule has 8 aromatic rings. The van der Waals surface area contributed by atoms with Crippen LogP contribution in [0.1, 0.15) is 26.7 Å². The number of rotatable bonds is 4. The van der Waals surface area contributed by atoms with Gasteiger partial charge in [-0.1, -0.05) is 67.3 Å². The minimum absolute atomic E-state index is 0. The fourth-order valence-corrected chi connectivity index (χ4v) is 5.03. The normalized spacial score (nSPS) is 11.5. The van der Waals surface area contributed by atoms with Gasteiger partial charge in [0.05, 0.1) is 11.4 Å². The predicted octanol–water partition coefficient (Wildman–Crippen LogP) is 8.25. The second kappa shape index (κ2) is 12.7. The summed E-state index contributed by atoms with van der Waals surface area (Å²) in [6.45, 7) is 3.73. The fourth-order valence-electron chi connectivity index (χ4n) is 5.03. The molecule has 0 fully saturated rings. The Kier molecular flexibility index (Phi) is 8.00. The Balaban J connectivity index is 0.000000231. The molecule has 0 aliphatic carbocycles. The third-order valence-electron chi connectivity index (χ3n) is 7.12. The summed E-state index contributed by atoms with van der Waals surface area (Å²) >= 11 is 0. The third-order valence-corrected chi connectivity index (χ3v) is 7.12. The Labute approximate surface area is 269 Å². The van der Waals surface area contributed by atoms with Crippen LogP contribution in [0.5, 0.6) is 0 Å². The maximum atomic E-state index is 8.36. The molecule has 7 nitrogen and oxygen atoms in total. The van der Waals surface area contributed by atoms with Crippen LogP contribution in [0.25, 0.3) is 61.6 Å². The van der Waals surface area contributed by atoms with Crippen molar-refractivity contribution in [2.45, 2.75) is 19.7 Å². The van der Waals surface area contributed by atoms with Gasteiger partial charge in [0, 0.05) is 38.7 Å². The standard InChI is InChI=1S/C25H18N5O.C11H8N.Ir/c1-15(2)16-11-12-18-19-9-6-10-20(22(19)31-21(18)13-16)24-28-23-25(26-14-27-29-23)30(24)17-7-4-3-5-8-17;1-2-6-10(7-3-1)11-8-4-5-9-12-11;/h3-9,11-15H,1-2H3;1-6,8-9H;/q2*-1;/i15D;;. The molecule has 1 radical (unpaired) electrons. The summed E-state index contributed by atoms with van der Waals surface area (Å²) < 4.78 is 16.6. The molecule has 4 heterocycles. The molecule has 0 saturated carbocycles. The molecule has 217 valence electrons. The van der Waals surface area contributed by atoms with E-state index in [1.807, 2.05) is 122 Å². The molecule has 0 N–H and O–H groups in total. The van der Waals surface area contributed by atoms with Gasteiger partial charge in [-0.15, -0.1) is 64.3 Å². The summed E-state index contributed by atoms with van der Waals surface area (Å²) in [4.78, 5) is 13.4. The van der Waals surface area contributed by atoms with E-state index >= 15 is 0 Å². The molecular weight excluding hydrogens is 725 g/mol. The molecular formula is C36H26IrN6O-2. The van der Waals surface area contributed by atoms with Crippen LogP contribution in [-0.2, 0) is 20.1 Å². The van der Waals surface area contributed by atoms with E-state index in [2.05, 4.69) is 32.3 Å². The maximum Gasteiger partial charge on any atom is 0.210 e. The molecule has 0 saturated heterocycles. The van der Waals surface area contributed by atoms with E-state index in [0.717, 1.165) is 38.9 Å². The zero-order valence-electron chi connectivity index (χ0n) is 24.9. The van der Waals surface area contributed by atoms with Gasteiger partial charge in [0.15, 0.2) is 5.65 Å². The van der Waals surface area contributed by atoms with Gasteiger partial charge in [-0.05, 0) is 41.4 Å². The van der Waals surface area contributed by atoms with Crippen LogP contribution < -0.4 is 0 Å². The van der Waals surface area contributed by atoms with Crippen molar-refractivity contribution < 1.29 is 25.9 Å². The van der Waals surface area contributed by atoms with E-state index < -0.39 is 5.89 Å². The number of hydrogen-bond acceptors (Lipinski definition) is 6. The van der Waals surface area contributed by atoms with E-state index in [9.17, 15) is 0 Å². The van der Waals surface area contributed by atoms with Crippen LogP contribution in [0.2, 0.25) is 0 Å². The molecule has 0 spiro atoms. The molecule has 0 amide bonds. The Morgan fingerprint density at radius 2 is 1.68 bits per heavy atom. The number of aromatic nitrogens is 6. The van der Waals surface area contributed by atoms with Gasteiger partial charge < -0.3 is 14.0 Å². The second-order valence-corrected chi connectivity index (χ2v) is 10.1. The zero-order valence-corrected chi connectivity index (χ0v) is 26.3. The van der Waals surface area contributed by atoms with E-state index in [1.165, 1.54) is 6.33 Å². The SMILES string of the molecule is [2H]C(C)(C)c1ccc2c(c1)oc1c(-c3nc4nncnc4n3-c3ccccc3)[c-]ccc12.[Ir].[c-]1ccccc1-c1ccccn1. The summed E-state index contributed by atoms with van der Waals surface area (Å²) in [5, 5.41) is 10.0. The van der Waals surface area contributed by atoms with Gasteiger partial charge in [0.25, 0.3) is 0 Å². The number of pyridine rings is 1. The Bertz CT molecular complexity index is 2170. The predicted molar refractivity (Wildman–Crippen MR) is 169 cm³/mol. The molecule has 0 unspecified atom stereocenters. The number of fused-ring (bicyclic) bond motifs is 4. The van der Waals surface area contributed by atoms with Crippen molar-refractivity contribution in [3.05, 3.63) is 133 Å². The van der Waals surface area contributed by atoms with Crippen molar-refractivity contribution in [3.8, 4) is 28.3 Å². The molecule has 0 aliphatic rings. The quantitative estimate of drug-likeness (QED) is 0.169. The molecule has 0 aliphatic heterocycles. The number of imidazole rings is 1. The van der Waals surface area contributed by atoms with Gasteiger partial charge in [0.1, 0.15) is 11.9 Å². The van der Waals surface area contributed by atoms with Crippen molar-refractivity contribution >= 4 is 33.2 Å². The van der Waals surface area contributed by atoms with Gasteiger partial charge in [-0.25, -0.2) is 4.98 Å². The Morgan fingerprint density at radius 1 is 0.841 bits per heavy atom. The molecule has 8 heteroatoms. The van der Waals surface area contributed by atoms with Crippen LogP contribution >= 0.6 is 0 Å². The van der Waals surface area contributed by atoms with E-state index in [0.29, 0.717) is 28.3 Å². The van der Waals surface area contributed by atoms with E-state index in [1.54, 1.807) is 6.20 Å². The number of para-hydroxylation sites is 1. The summed E-state index contributed by atoms with van der Waals surface area (Å²) in [5.74, 6) is -0.0850. The molecule has 4 aromatic heterocycles. The fraction of sp³-hybridized carbons (Fsp3) is 0.0833. The van der Waals surface area contributed by atoms with Crippen molar-refractivity contribution in [2.24, 2.45) is 0 Å². The first-order valence-corrected chi connectivity index (χ1v) is 13.8. The molecule has 4 aromatic carbocycles. The van der Waals surface area contributed by atoms with Gasteiger partial charge in [-0.3, -0.25) is 4.98 Å². The Morgan fingerprint density at radius 3 is 2.45 bits per heavy atom. The van der Waals surface area contributed by atoms with E-state index in [-0.39, 0.29) is 20.1 Å². The van der Waals surface area contributed by atoms with Crippen LogP contribution in [0.15, 0.2) is 120 Å². The first-order chi connectivity index (χ1) is 21.5. The largest absolute Gasteiger partial charge is 0.501 e. The third kappa shape index (κ3) is 5.53. The van der Waals surface area contributed by atoms with Crippen molar-refractivity contribution in [1.29, 1.82) is 0 Å². The van der Waals surface area contributed by atoms with Crippen LogP contribution in [-0.4, -0.2) is 29.7 Å². The van der Waals surface area contributed by atoms with Gasteiger partial charge >= 0.3 is 0 Å². The number of benzene rings is 4. The summed E-state index contributed by atoms with van der Waals surface area (Å²) in [6, 6.07) is 39.8. The summed E-state index contributed by atoms with van der Waals surface area (Å²) in [5.41, 5.74) is 7.01. The first-order valence-electron chi connectivity index (χ1n) is 14.3. The number of nitrogens with zero attached hydrogens (tertiary/aromatic N) is 6. The topological polar surface area (TPSA) is 82.5 Å². The monoisotopic (exact) mass is 752 g/mol. The second-order valence-electron chi connectivity index (χ2n) is 10.1. The Hall–Kier alpha value is -5.04. The van der Waals surface area contributed by atoms with Crippen LogP contribution in [0.3, 0.4) is 0 Å². The average molecular weight is 752 g/mol. The number of hydrogen-bond donors (Lipinski definition) is 0. The van der Waals surface area contributed by atoms with Crippen molar-refractivity contribution in [1.82, 2.24) is 29.7 Å². The molecule has 8 rings (SSSR count). The molecule has 44 heavy (non-hydrogen) atoms. The van der Waals surface area contributed by atoms with Crippen LogP contribution in [0, 0.1) is 12.1 Å². The molecule has 0 bridgehead atoms. The van der Waals surface area contributed by atoms with Crippen molar-refractivity contribution in [2.75, 3.05) is 0 Å². The minimum atomic E-state index is -0.715. The summed E-state index contributed by atoms with van der Waals surface area (Å²) in [6.07, 6.45) is 3.21. The number of furan rings is 1. The minimum Gasteiger partial charge on any atom is -0.501 e. The smallest absolute Gasteiger partial charge is 0.210 e. The maximum absolute atomic E-state index is 8.36. The van der Waals surface area contributed by atoms with Gasteiger partial charge in [-0.2, -0.15) is 0 Å². The van der Waals surface area contributed by atoms with Crippen LogP contribution in [0.4, 0.5) is 0 Å². The summed E-state index contributed by atoms with van der Waals surface area (Å²) in [7, 11) is 0. The first kappa shape index (κ1) is 27.8. The van der Waals surface area contributed by atoms with E-state index in [4.69, 9.17) is 10.8 Å². The zero-order chi connectivity index (χ0) is 30.1. The molecule has 0 atom stereocenters. The average Bonchev–Trinajstić information content (AvgIpc) is 3.64. The van der Waals surface area contributed by atoms with Gasteiger partial charge in [0.2, 0.25) is 5.65 Å². The van der Waals surface area contributed by atoms with Crippen molar-refractivity contribution in [3.63, 3.8) is 0 Å².